The van der Waals surface area contributed by atoms with Crippen LogP contribution in [0.3, 0.4) is 0 Å². The van der Waals surface area contributed by atoms with Gasteiger partial charge in [0.2, 0.25) is 0 Å². The zero-order chi connectivity index (χ0) is 11.4. The molecule has 1 aromatic rings. The van der Waals surface area contributed by atoms with Crippen molar-refractivity contribution in [2.45, 2.75) is 12.3 Å². The second-order valence-electron chi connectivity index (χ2n) is 3.56. The summed E-state index contributed by atoms with van der Waals surface area (Å²) < 4.78 is 6.99. The van der Waals surface area contributed by atoms with E-state index in [0.29, 0.717) is 0 Å². The second kappa shape index (κ2) is 5.51. The Hall–Kier alpha value is -0.550. The van der Waals surface area contributed by atoms with Crippen LogP contribution >= 0.6 is 15.9 Å². The fourth-order valence-corrected chi connectivity index (χ4v) is 2.31. The fourth-order valence-electron chi connectivity index (χ4n) is 1.66. The van der Waals surface area contributed by atoms with Crippen molar-refractivity contribution in [3.05, 3.63) is 11.3 Å². The van der Waals surface area contributed by atoms with Crippen LogP contribution in [0, 0.1) is 6.92 Å². The van der Waals surface area contributed by atoms with Crippen LogP contribution in [0.2, 0.25) is 0 Å². The zero-order valence-corrected chi connectivity index (χ0v) is 11.3. The van der Waals surface area contributed by atoms with Crippen LogP contribution in [0.5, 0.6) is 0 Å². The van der Waals surface area contributed by atoms with E-state index in [1.165, 1.54) is 5.56 Å². The van der Waals surface area contributed by atoms with Gasteiger partial charge in [-0.3, -0.25) is 4.68 Å². The van der Waals surface area contributed by atoms with Crippen molar-refractivity contribution in [3.8, 4) is 0 Å². The van der Waals surface area contributed by atoms with E-state index >= 15 is 0 Å². The molecule has 0 spiro atoms. The lowest BCUT2D eigenvalue weighted by molar-refractivity contribution is 0.206. The number of likely N-dealkylation sites (N-methyl/N-ethyl adjacent to an activating group) is 1. The zero-order valence-electron chi connectivity index (χ0n) is 9.75. The summed E-state index contributed by atoms with van der Waals surface area (Å²) in [6, 6.07) is 0. The topological polar surface area (TPSA) is 30.3 Å². The van der Waals surface area contributed by atoms with Crippen LogP contribution in [0.4, 0.5) is 5.82 Å². The van der Waals surface area contributed by atoms with Gasteiger partial charge >= 0.3 is 0 Å². The predicted molar refractivity (Wildman–Crippen MR) is 65.7 cm³/mol. The van der Waals surface area contributed by atoms with Gasteiger partial charge in [0, 0.05) is 38.6 Å². The first-order valence-corrected chi connectivity index (χ1v) is 6.02. The third-order valence-electron chi connectivity index (χ3n) is 2.44. The summed E-state index contributed by atoms with van der Waals surface area (Å²) in [7, 11) is 5.74. The third-order valence-corrected chi connectivity index (χ3v) is 3.00. The average molecular weight is 276 g/mol. The number of rotatable bonds is 5. The molecular weight excluding hydrogens is 258 g/mol. The largest absolute Gasteiger partial charge is 0.383 e. The van der Waals surface area contributed by atoms with Crippen LogP contribution in [0.1, 0.15) is 11.3 Å². The maximum atomic E-state index is 5.07. The van der Waals surface area contributed by atoms with E-state index in [1.807, 2.05) is 18.7 Å². The van der Waals surface area contributed by atoms with Crippen molar-refractivity contribution in [1.29, 1.82) is 0 Å². The first kappa shape index (κ1) is 12.5. The van der Waals surface area contributed by atoms with Crippen molar-refractivity contribution < 1.29 is 4.74 Å². The lowest BCUT2D eigenvalue weighted by atomic mass is 10.2. The van der Waals surface area contributed by atoms with Crippen molar-refractivity contribution in [3.63, 3.8) is 0 Å². The third kappa shape index (κ3) is 2.72. The Morgan fingerprint density at radius 1 is 1.53 bits per heavy atom. The SMILES string of the molecule is COCCN(C)c1c(CBr)c(C)nn1C. The summed E-state index contributed by atoms with van der Waals surface area (Å²) in [5.41, 5.74) is 2.32. The van der Waals surface area contributed by atoms with Gasteiger partial charge in [-0.2, -0.15) is 5.10 Å². The molecule has 0 aliphatic heterocycles. The van der Waals surface area contributed by atoms with Crippen LogP contribution in [-0.4, -0.2) is 37.1 Å². The maximum absolute atomic E-state index is 5.07. The molecular formula is C10H18BrN3O. The quantitative estimate of drug-likeness (QED) is 0.767. The number of aryl methyl sites for hydroxylation is 2. The second-order valence-corrected chi connectivity index (χ2v) is 4.12. The molecule has 0 aliphatic carbocycles. The smallest absolute Gasteiger partial charge is 0.130 e. The first-order valence-electron chi connectivity index (χ1n) is 4.90. The summed E-state index contributed by atoms with van der Waals surface area (Å²) in [5.74, 6) is 1.15. The Kier molecular flexibility index (Phi) is 4.60. The average Bonchev–Trinajstić information content (AvgIpc) is 2.49. The number of methoxy groups -OCH3 is 1. The highest BCUT2D eigenvalue weighted by Crippen LogP contribution is 2.24. The van der Waals surface area contributed by atoms with Gasteiger partial charge in [-0.25, -0.2) is 0 Å². The van der Waals surface area contributed by atoms with Gasteiger partial charge in [0.15, 0.2) is 0 Å². The molecule has 1 aromatic heterocycles. The molecule has 1 heterocycles. The standard InChI is InChI=1S/C10H18BrN3O/c1-8-9(7-11)10(14(3)12-8)13(2)5-6-15-4/h5-7H2,1-4H3. The van der Waals surface area contributed by atoms with Gasteiger partial charge in [-0.15, -0.1) is 0 Å². The fraction of sp³-hybridized carbons (Fsp3) is 0.700. The highest BCUT2D eigenvalue weighted by Gasteiger charge is 2.15. The molecule has 0 saturated heterocycles. The molecule has 0 aromatic carbocycles. The Bertz CT molecular complexity index is 325. The highest BCUT2D eigenvalue weighted by molar-refractivity contribution is 9.08. The van der Waals surface area contributed by atoms with Gasteiger partial charge in [-0.1, -0.05) is 15.9 Å². The monoisotopic (exact) mass is 275 g/mol. The molecule has 0 unspecified atom stereocenters. The van der Waals surface area contributed by atoms with Crippen molar-refractivity contribution in [2.75, 3.05) is 32.2 Å². The lowest BCUT2D eigenvalue weighted by Gasteiger charge is -2.20. The summed E-state index contributed by atoms with van der Waals surface area (Å²) in [6.07, 6.45) is 0. The van der Waals surface area contributed by atoms with Gasteiger partial charge in [0.05, 0.1) is 12.3 Å². The number of hydrogen-bond donors (Lipinski definition) is 0. The van der Waals surface area contributed by atoms with E-state index in [9.17, 15) is 0 Å². The molecule has 1 rings (SSSR count). The van der Waals surface area contributed by atoms with Gasteiger partial charge in [0.25, 0.3) is 0 Å². The highest BCUT2D eigenvalue weighted by atomic mass is 79.9. The molecule has 0 aliphatic rings. The molecule has 0 bridgehead atoms. The number of halogens is 1. The molecule has 5 heteroatoms. The molecule has 4 nitrogen and oxygen atoms in total. The van der Waals surface area contributed by atoms with Crippen LogP contribution in [0.25, 0.3) is 0 Å². The summed E-state index contributed by atoms with van der Waals surface area (Å²) >= 11 is 3.50. The summed E-state index contributed by atoms with van der Waals surface area (Å²) in [5, 5.41) is 5.25. The number of nitrogens with zero attached hydrogens (tertiary/aromatic N) is 3. The normalized spacial score (nSPS) is 10.7. The molecule has 86 valence electrons. The van der Waals surface area contributed by atoms with E-state index in [1.54, 1.807) is 7.11 Å². The minimum Gasteiger partial charge on any atom is -0.383 e. The van der Waals surface area contributed by atoms with Crippen LogP contribution in [0.15, 0.2) is 0 Å². The van der Waals surface area contributed by atoms with Gasteiger partial charge < -0.3 is 9.64 Å². The van der Waals surface area contributed by atoms with Crippen molar-refractivity contribution >= 4 is 21.7 Å². The maximum Gasteiger partial charge on any atom is 0.130 e. The Morgan fingerprint density at radius 2 is 2.20 bits per heavy atom. The predicted octanol–water partition coefficient (Wildman–Crippen LogP) is 1.71. The summed E-state index contributed by atoms with van der Waals surface area (Å²) in [6.45, 7) is 3.63. The van der Waals surface area contributed by atoms with Crippen LogP contribution in [-0.2, 0) is 17.1 Å². The van der Waals surface area contributed by atoms with Gasteiger partial charge in [0.1, 0.15) is 5.82 Å². The van der Waals surface area contributed by atoms with Crippen LogP contribution < -0.4 is 4.90 Å². The molecule has 0 saturated carbocycles. The minimum absolute atomic E-state index is 0.725. The van der Waals surface area contributed by atoms with E-state index < -0.39 is 0 Å². The molecule has 0 fully saturated rings. The number of anilines is 1. The number of hydrogen-bond acceptors (Lipinski definition) is 3. The Morgan fingerprint density at radius 3 is 2.73 bits per heavy atom. The molecule has 0 radical (unpaired) electrons. The molecule has 15 heavy (non-hydrogen) atoms. The van der Waals surface area contributed by atoms with E-state index in [0.717, 1.165) is 30.0 Å². The Balaban J connectivity index is 2.91. The van der Waals surface area contributed by atoms with E-state index in [2.05, 4.69) is 33.0 Å². The van der Waals surface area contributed by atoms with Gasteiger partial charge in [-0.05, 0) is 6.92 Å². The Labute approximate surface area is 99.3 Å². The minimum atomic E-state index is 0.725. The van der Waals surface area contributed by atoms with Crippen molar-refractivity contribution in [2.24, 2.45) is 7.05 Å². The van der Waals surface area contributed by atoms with E-state index in [4.69, 9.17) is 4.74 Å². The van der Waals surface area contributed by atoms with E-state index in [-0.39, 0.29) is 0 Å². The summed E-state index contributed by atoms with van der Waals surface area (Å²) in [4.78, 5) is 2.17. The molecule has 0 amide bonds. The molecule has 0 N–H and O–H groups in total. The first-order chi connectivity index (χ1) is 7.11. The number of alkyl halides is 1. The number of ether oxygens (including phenoxy) is 1. The van der Waals surface area contributed by atoms with Crippen molar-refractivity contribution in [1.82, 2.24) is 9.78 Å². The number of aromatic nitrogens is 2. The lowest BCUT2D eigenvalue weighted by Crippen LogP contribution is -2.25. The molecule has 0 atom stereocenters.